The molecule has 0 saturated carbocycles. The van der Waals surface area contributed by atoms with Gasteiger partial charge in [-0.15, -0.1) is 11.8 Å². The van der Waals surface area contributed by atoms with E-state index in [2.05, 4.69) is 10.0 Å². The second-order valence-electron chi connectivity index (χ2n) is 7.17. The quantitative estimate of drug-likeness (QED) is 0.354. The van der Waals surface area contributed by atoms with Gasteiger partial charge in [0.1, 0.15) is 0 Å². The van der Waals surface area contributed by atoms with Crippen LogP contribution in [0.25, 0.3) is 11.6 Å². The number of fused-ring (bicyclic) bond motifs is 1. The average molecular weight is 491 g/mol. The summed E-state index contributed by atoms with van der Waals surface area (Å²) in [7, 11) is -4.11. The van der Waals surface area contributed by atoms with E-state index in [1.165, 1.54) is 18.2 Å². The molecule has 3 aromatic carbocycles. The van der Waals surface area contributed by atoms with Gasteiger partial charge in [0.15, 0.2) is 0 Å². The van der Waals surface area contributed by atoms with Gasteiger partial charge in [-0.25, -0.2) is 8.42 Å². The standard InChI is InChI=1S/C23H17F3N2O3S2/c1-32-17-8-2-14(3-9-17)12-20-19-13-18(10-11-21(19)27-22(20)29)33(30,31)28-16-6-4-15(5-7-16)23(24,25)26/h2-13,28H,1H3,(H,27,29). The first-order valence-electron chi connectivity index (χ1n) is 9.58. The molecule has 5 nitrogen and oxygen atoms in total. The molecule has 0 radical (unpaired) electrons. The summed E-state index contributed by atoms with van der Waals surface area (Å²) in [4.78, 5) is 13.4. The van der Waals surface area contributed by atoms with Crippen molar-refractivity contribution >= 4 is 50.7 Å². The number of carbonyl (C=O) groups is 1. The van der Waals surface area contributed by atoms with Crippen molar-refractivity contribution in [3.8, 4) is 0 Å². The van der Waals surface area contributed by atoms with Crippen molar-refractivity contribution in [2.45, 2.75) is 16.0 Å². The first-order chi connectivity index (χ1) is 15.6. The second kappa shape index (κ2) is 8.60. The first kappa shape index (κ1) is 22.9. The molecule has 4 rings (SSSR count). The van der Waals surface area contributed by atoms with Gasteiger partial charge in [0.2, 0.25) is 0 Å². The molecule has 0 saturated heterocycles. The molecule has 1 amide bonds. The largest absolute Gasteiger partial charge is 0.416 e. The van der Waals surface area contributed by atoms with E-state index in [0.717, 1.165) is 34.7 Å². The van der Waals surface area contributed by atoms with Gasteiger partial charge in [-0.2, -0.15) is 13.2 Å². The normalized spacial score (nSPS) is 14.8. The number of sulfonamides is 1. The van der Waals surface area contributed by atoms with Crippen LogP contribution < -0.4 is 10.0 Å². The van der Waals surface area contributed by atoms with Gasteiger partial charge >= 0.3 is 6.18 Å². The van der Waals surface area contributed by atoms with Gasteiger partial charge in [0.25, 0.3) is 15.9 Å². The number of amides is 1. The SMILES string of the molecule is CSc1ccc(C=C2C(=O)Nc3ccc(S(=O)(=O)Nc4ccc(C(F)(F)F)cc4)cc32)cc1. The van der Waals surface area contributed by atoms with Gasteiger partial charge in [-0.05, 0) is 72.5 Å². The number of alkyl halides is 3. The Morgan fingerprint density at radius 1 is 0.970 bits per heavy atom. The van der Waals surface area contributed by atoms with E-state index in [-0.39, 0.29) is 16.5 Å². The Bertz CT molecular complexity index is 1350. The van der Waals surface area contributed by atoms with Crippen molar-refractivity contribution < 1.29 is 26.4 Å². The van der Waals surface area contributed by atoms with Gasteiger partial charge < -0.3 is 5.32 Å². The third kappa shape index (κ3) is 4.91. The molecule has 0 aromatic heterocycles. The van der Waals surface area contributed by atoms with E-state index < -0.39 is 21.8 Å². The number of rotatable bonds is 5. The topological polar surface area (TPSA) is 75.3 Å². The minimum atomic E-state index is -4.52. The van der Waals surface area contributed by atoms with E-state index in [9.17, 15) is 26.4 Å². The van der Waals surface area contributed by atoms with Crippen LogP contribution in [0.2, 0.25) is 0 Å². The number of halogens is 3. The molecule has 0 fully saturated rings. The predicted molar refractivity (Wildman–Crippen MR) is 123 cm³/mol. The summed E-state index contributed by atoms with van der Waals surface area (Å²) in [6, 6.07) is 15.4. The Morgan fingerprint density at radius 2 is 1.64 bits per heavy atom. The summed E-state index contributed by atoms with van der Waals surface area (Å²) in [5.74, 6) is -0.357. The van der Waals surface area contributed by atoms with Gasteiger partial charge in [-0.3, -0.25) is 9.52 Å². The van der Waals surface area contributed by atoms with Crippen LogP contribution in [0.3, 0.4) is 0 Å². The average Bonchev–Trinajstić information content (AvgIpc) is 3.08. The van der Waals surface area contributed by atoms with Crippen LogP contribution in [0, 0.1) is 0 Å². The fourth-order valence-electron chi connectivity index (χ4n) is 3.29. The summed E-state index contributed by atoms with van der Waals surface area (Å²) in [5.41, 5.74) is 1.09. The molecule has 0 bridgehead atoms. The van der Waals surface area contributed by atoms with E-state index in [4.69, 9.17) is 0 Å². The van der Waals surface area contributed by atoms with Crippen LogP contribution in [-0.4, -0.2) is 20.6 Å². The maximum absolute atomic E-state index is 12.8. The lowest BCUT2D eigenvalue weighted by Crippen LogP contribution is -2.13. The molecule has 0 atom stereocenters. The zero-order valence-electron chi connectivity index (χ0n) is 17.1. The second-order valence-corrected chi connectivity index (χ2v) is 9.74. The molecule has 0 spiro atoms. The molecule has 1 heterocycles. The lowest BCUT2D eigenvalue weighted by atomic mass is 10.0. The van der Waals surface area contributed by atoms with Crippen molar-refractivity contribution in [1.82, 2.24) is 0 Å². The fourth-order valence-corrected chi connectivity index (χ4v) is 4.78. The first-order valence-corrected chi connectivity index (χ1v) is 12.3. The molecule has 0 aliphatic carbocycles. The Morgan fingerprint density at radius 3 is 2.24 bits per heavy atom. The van der Waals surface area contributed by atoms with Crippen molar-refractivity contribution in [1.29, 1.82) is 0 Å². The highest BCUT2D eigenvalue weighted by Crippen LogP contribution is 2.36. The number of carbonyl (C=O) groups excluding carboxylic acids is 1. The van der Waals surface area contributed by atoms with E-state index in [1.807, 2.05) is 30.5 Å². The minimum absolute atomic E-state index is 0.0117. The zero-order valence-corrected chi connectivity index (χ0v) is 18.7. The van der Waals surface area contributed by atoms with E-state index in [0.29, 0.717) is 16.8 Å². The Labute approximate surface area is 192 Å². The summed E-state index contributed by atoms with van der Waals surface area (Å²) in [6.45, 7) is 0. The molecule has 3 aromatic rings. The predicted octanol–water partition coefficient (Wildman–Crippen LogP) is 5.72. The van der Waals surface area contributed by atoms with Crippen molar-refractivity contribution in [2.24, 2.45) is 0 Å². The lowest BCUT2D eigenvalue weighted by molar-refractivity contribution is -0.137. The molecule has 170 valence electrons. The number of hydrogen-bond donors (Lipinski definition) is 2. The van der Waals surface area contributed by atoms with Crippen molar-refractivity contribution in [2.75, 3.05) is 16.3 Å². The fraction of sp³-hybridized carbons (Fsp3) is 0.0870. The van der Waals surface area contributed by atoms with Crippen LogP contribution in [0.1, 0.15) is 16.7 Å². The lowest BCUT2D eigenvalue weighted by Gasteiger charge is -2.11. The molecule has 1 aliphatic rings. The van der Waals surface area contributed by atoms with Crippen molar-refractivity contribution in [3.63, 3.8) is 0 Å². The highest BCUT2D eigenvalue weighted by molar-refractivity contribution is 7.98. The van der Waals surface area contributed by atoms with Gasteiger partial charge in [0.05, 0.1) is 10.5 Å². The van der Waals surface area contributed by atoms with Crippen molar-refractivity contribution in [3.05, 3.63) is 83.4 Å². The smallest absolute Gasteiger partial charge is 0.321 e. The highest BCUT2D eigenvalue weighted by Gasteiger charge is 2.30. The summed E-state index contributed by atoms with van der Waals surface area (Å²) in [6.07, 6.45) is -0.894. The third-order valence-corrected chi connectivity index (χ3v) is 7.10. The minimum Gasteiger partial charge on any atom is -0.321 e. The maximum atomic E-state index is 12.8. The van der Waals surface area contributed by atoms with E-state index >= 15 is 0 Å². The summed E-state index contributed by atoms with van der Waals surface area (Å²) >= 11 is 1.59. The molecular formula is C23H17F3N2O3S2. The maximum Gasteiger partial charge on any atom is 0.416 e. The molecule has 0 unspecified atom stereocenters. The summed E-state index contributed by atoms with van der Waals surface area (Å²) in [5, 5.41) is 2.71. The summed E-state index contributed by atoms with van der Waals surface area (Å²) < 4.78 is 66.2. The molecule has 2 N–H and O–H groups in total. The third-order valence-electron chi connectivity index (χ3n) is 4.98. The molecular weight excluding hydrogens is 473 g/mol. The molecule has 33 heavy (non-hydrogen) atoms. The molecule has 1 aliphatic heterocycles. The van der Waals surface area contributed by atoms with Crippen LogP contribution in [0.5, 0.6) is 0 Å². The number of thioether (sulfide) groups is 1. The number of hydrogen-bond acceptors (Lipinski definition) is 4. The van der Waals surface area contributed by atoms with Crippen LogP contribution in [-0.2, 0) is 21.0 Å². The highest BCUT2D eigenvalue weighted by atomic mass is 32.2. The number of anilines is 2. The Hall–Kier alpha value is -3.24. The van der Waals surface area contributed by atoms with Crippen LogP contribution in [0.4, 0.5) is 24.5 Å². The Kier molecular flexibility index (Phi) is 5.98. The Balaban J connectivity index is 1.64. The van der Waals surface area contributed by atoms with Gasteiger partial charge in [-0.1, -0.05) is 12.1 Å². The van der Waals surface area contributed by atoms with Crippen LogP contribution >= 0.6 is 11.8 Å². The number of benzene rings is 3. The van der Waals surface area contributed by atoms with Crippen LogP contribution in [0.15, 0.2) is 76.5 Å². The van der Waals surface area contributed by atoms with Gasteiger partial charge in [0, 0.05) is 27.4 Å². The number of nitrogens with one attached hydrogen (secondary N) is 2. The molecule has 10 heteroatoms. The zero-order chi connectivity index (χ0) is 23.8. The monoisotopic (exact) mass is 490 g/mol. The van der Waals surface area contributed by atoms with E-state index in [1.54, 1.807) is 17.8 Å².